The van der Waals surface area contributed by atoms with Crippen LogP contribution in [0.25, 0.3) is 11.1 Å². The van der Waals surface area contributed by atoms with E-state index in [1.54, 1.807) is 31.1 Å². The Morgan fingerprint density at radius 1 is 0.957 bits per heavy atom. The standard InChI is InChI=1S/C38H42Cl2N2O4/c1-38(2,3)37(44)46-29-16-18-31-26(22-29)8-6-9-33(32-17-13-27(39)23-34(32)40)36(31)25-11-14-28(15-12-25)45-30-19-21-42(24-30)20-7-10-35(43)41(4)5/h7,10-18,22-23,30H,6,8-9,19-21,24H2,1-5H3/b10-7+/t30-/m0/s1. The van der Waals surface area contributed by atoms with Crippen LogP contribution in [0.5, 0.6) is 11.5 Å². The van der Waals surface area contributed by atoms with E-state index in [2.05, 4.69) is 23.1 Å². The van der Waals surface area contributed by atoms with Crippen molar-refractivity contribution in [1.29, 1.82) is 0 Å². The average molecular weight is 662 g/mol. The molecule has 1 aliphatic carbocycles. The number of hydrogen-bond acceptors (Lipinski definition) is 5. The Morgan fingerprint density at radius 3 is 2.37 bits per heavy atom. The van der Waals surface area contributed by atoms with Crippen LogP contribution in [0.2, 0.25) is 10.0 Å². The first-order chi connectivity index (χ1) is 21.9. The number of benzene rings is 3. The fourth-order valence-corrected chi connectivity index (χ4v) is 6.35. The fourth-order valence-electron chi connectivity index (χ4n) is 5.82. The molecule has 0 bridgehead atoms. The number of likely N-dealkylation sites (N-methyl/N-ethyl adjacent to an activating group) is 1. The predicted molar refractivity (Wildman–Crippen MR) is 187 cm³/mol. The first kappa shape index (κ1) is 33.8. The maximum Gasteiger partial charge on any atom is 0.316 e. The van der Waals surface area contributed by atoms with E-state index in [1.807, 2.05) is 63.2 Å². The van der Waals surface area contributed by atoms with Crippen LogP contribution in [0.1, 0.15) is 62.3 Å². The molecule has 3 aromatic rings. The molecular weight excluding hydrogens is 619 g/mol. The van der Waals surface area contributed by atoms with Crippen molar-refractivity contribution in [3.63, 3.8) is 0 Å². The number of fused-ring (bicyclic) bond motifs is 1. The number of ether oxygens (including phenoxy) is 2. The van der Waals surface area contributed by atoms with Gasteiger partial charge < -0.3 is 14.4 Å². The largest absolute Gasteiger partial charge is 0.489 e. The van der Waals surface area contributed by atoms with E-state index in [-0.39, 0.29) is 18.0 Å². The second-order valence-corrected chi connectivity index (χ2v) is 14.1. The number of allylic oxidation sites excluding steroid dienone is 1. The van der Waals surface area contributed by atoms with Crippen LogP contribution in [-0.4, -0.2) is 61.5 Å². The Balaban J connectivity index is 1.42. The summed E-state index contributed by atoms with van der Waals surface area (Å²) in [7, 11) is 3.50. The molecule has 242 valence electrons. The number of carbonyl (C=O) groups excluding carboxylic acids is 2. The van der Waals surface area contributed by atoms with E-state index in [4.69, 9.17) is 32.7 Å². The highest BCUT2D eigenvalue weighted by atomic mass is 35.5. The molecule has 1 amide bonds. The van der Waals surface area contributed by atoms with E-state index in [1.165, 1.54) is 0 Å². The summed E-state index contributed by atoms with van der Waals surface area (Å²) in [5.41, 5.74) is 5.89. The van der Waals surface area contributed by atoms with Crippen LogP contribution in [-0.2, 0) is 16.0 Å². The molecular formula is C38H42Cl2N2O4. The van der Waals surface area contributed by atoms with Crippen LogP contribution >= 0.6 is 23.2 Å². The summed E-state index contributed by atoms with van der Waals surface area (Å²) < 4.78 is 12.2. The summed E-state index contributed by atoms with van der Waals surface area (Å²) in [6.45, 7) is 8.01. The third-order valence-corrected chi connectivity index (χ3v) is 8.89. The average Bonchev–Trinajstić information content (AvgIpc) is 3.35. The van der Waals surface area contributed by atoms with E-state index >= 15 is 0 Å². The van der Waals surface area contributed by atoms with Gasteiger partial charge in [0, 0.05) is 49.9 Å². The highest BCUT2D eigenvalue weighted by molar-refractivity contribution is 6.36. The molecule has 3 aromatic carbocycles. The monoisotopic (exact) mass is 660 g/mol. The van der Waals surface area contributed by atoms with Crippen molar-refractivity contribution in [2.24, 2.45) is 5.41 Å². The quantitative estimate of drug-likeness (QED) is 0.138. The topological polar surface area (TPSA) is 59.1 Å². The second kappa shape index (κ2) is 14.5. The summed E-state index contributed by atoms with van der Waals surface area (Å²) >= 11 is 13.1. The lowest BCUT2D eigenvalue weighted by molar-refractivity contribution is -0.143. The van der Waals surface area contributed by atoms with Crippen LogP contribution in [0, 0.1) is 5.41 Å². The summed E-state index contributed by atoms with van der Waals surface area (Å²) in [6.07, 6.45) is 7.13. The lowest BCUT2D eigenvalue weighted by Gasteiger charge is -2.20. The highest BCUT2D eigenvalue weighted by Gasteiger charge is 2.27. The predicted octanol–water partition coefficient (Wildman–Crippen LogP) is 8.34. The normalized spacial score (nSPS) is 17.2. The van der Waals surface area contributed by atoms with Gasteiger partial charge in [-0.25, -0.2) is 0 Å². The van der Waals surface area contributed by atoms with Gasteiger partial charge in [0.1, 0.15) is 17.6 Å². The Kier molecular flexibility index (Phi) is 10.6. The van der Waals surface area contributed by atoms with Crippen molar-refractivity contribution in [2.45, 2.75) is 52.6 Å². The molecule has 1 atom stereocenters. The molecule has 0 saturated carbocycles. The lowest BCUT2D eigenvalue weighted by Crippen LogP contribution is -2.25. The molecule has 1 aliphatic heterocycles. The van der Waals surface area contributed by atoms with Crippen molar-refractivity contribution >= 4 is 46.2 Å². The van der Waals surface area contributed by atoms with Gasteiger partial charge in [-0.15, -0.1) is 0 Å². The zero-order valence-corrected chi connectivity index (χ0v) is 28.8. The van der Waals surface area contributed by atoms with E-state index in [0.29, 0.717) is 15.8 Å². The zero-order valence-electron chi connectivity index (χ0n) is 27.2. The van der Waals surface area contributed by atoms with Gasteiger partial charge in [-0.2, -0.15) is 0 Å². The minimum absolute atomic E-state index is 0.00982. The summed E-state index contributed by atoms with van der Waals surface area (Å²) in [4.78, 5) is 28.3. The molecule has 8 heteroatoms. The maximum absolute atomic E-state index is 12.6. The number of esters is 1. The fraction of sp³-hybridized carbons (Fsp3) is 0.368. The first-order valence-electron chi connectivity index (χ1n) is 15.8. The molecule has 0 spiro atoms. The molecule has 46 heavy (non-hydrogen) atoms. The van der Waals surface area contributed by atoms with Crippen LogP contribution < -0.4 is 9.47 Å². The van der Waals surface area contributed by atoms with Gasteiger partial charge >= 0.3 is 5.97 Å². The Labute approximate surface area is 282 Å². The summed E-state index contributed by atoms with van der Waals surface area (Å²) in [6, 6.07) is 19.9. The molecule has 1 fully saturated rings. The number of carbonyl (C=O) groups is 2. The smallest absolute Gasteiger partial charge is 0.316 e. The number of amides is 1. The molecule has 5 rings (SSSR count). The number of likely N-dealkylation sites (tertiary alicyclic amines) is 1. The minimum atomic E-state index is -0.597. The van der Waals surface area contributed by atoms with Gasteiger partial charge in [0.15, 0.2) is 0 Å². The lowest BCUT2D eigenvalue weighted by atomic mass is 9.87. The molecule has 0 aromatic heterocycles. The van der Waals surface area contributed by atoms with Gasteiger partial charge in [0.25, 0.3) is 0 Å². The van der Waals surface area contributed by atoms with Gasteiger partial charge in [-0.1, -0.05) is 53.5 Å². The molecule has 0 N–H and O–H groups in total. The number of rotatable bonds is 8. The van der Waals surface area contributed by atoms with Crippen LogP contribution in [0.4, 0.5) is 0 Å². The van der Waals surface area contributed by atoms with Crippen molar-refractivity contribution in [3.05, 3.63) is 105 Å². The van der Waals surface area contributed by atoms with E-state index in [9.17, 15) is 9.59 Å². The third-order valence-electron chi connectivity index (χ3n) is 8.34. The first-order valence-corrected chi connectivity index (χ1v) is 16.6. The van der Waals surface area contributed by atoms with Gasteiger partial charge in [0.05, 0.1) is 5.41 Å². The number of aryl methyl sites for hydroxylation is 1. The summed E-state index contributed by atoms with van der Waals surface area (Å²) in [5, 5.41) is 1.21. The van der Waals surface area contributed by atoms with Crippen LogP contribution in [0.3, 0.4) is 0 Å². The zero-order chi connectivity index (χ0) is 33.0. The van der Waals surface area contributed by atoms with Crippen molar-refractivity contribution in [2.75, 3.05) is 33.7 Å². The SMILES string of the molecule is CN(C)C(=O)/C=C/CN1CC[C@H](Oc2ccc(C3=C(c4ccc(Cl)cc4Cl)CCCc4cc(OC(=O)C(C)(C)C)ccc43)cc2)C1. The van der Waals surface area contributed by atoms with E-state index in [0.717, 1.165) is 84.5 Å². The van der Waals surface area contributed by atoms with Crippen molar-refractivity contribution < 1.29 is 19.1 Å². The number of hydrogen-bond donors (Lipinski definition) is 0. The molecule has 1 heterocycles. The van der Waals surface area contributed by atoms with Gasteiger partial charge in [0.2, 0.25) is 5.91 Å². The molecule has 6 nitrogen and oxygen atoms in total. The summed E-state index contributed by atoms with van der Waals surface area (Å²) in [5.74, 6) is 1.10. The molecule has 0 unspecified atom stereocenters. The van der Waals surface area contributed by atoms with Crippen LogP contribution in [0.15, 0.2) is 72.8 Å². The van der Waals surface area contributed by atoms with E-state index < -0.39 is 5.41 Å². The highest BCUT2D eigenvalue weighted by Crippen LogP contribution is 2.43. The Morgan fingerprint density at radius 2 is 1.67 bits per heavy atom. The van der Waals surface area contributed by atoms with Crippen molar-refractivity contribution in [1.82, 2.24) is 9.80 Å². The maximum atomic E-state index is 12.6. The number of halogens is 2. The van der Waals surface area contributed by atoms with Gasteiger partial charge in [-0.3, -0.25) is 14.5 Å². The number of nitrogens with zero attached hydrogens (tertiary/aromatic N) is 2. The Hall–Kier alpha value is -3.58. The minimum Gasteiger partial charge on any atom is -0.489 e. The molecule has 2 aliphatic rings. The third kappa shape index (κ3) is 8.22. The Bertz CT molecular complexity index is 1650. The van der Waals surface area contributed by atoms with Crippen molar-refractivity contribution in [3.8, 4) is 11.5 Å². The van der Waals surface area contributed by atoms with Gasteiger partial charge in [-0.05, 0) is 116 Å². The second-order valence-electron chi connectivity index (χ2n) is 13.2. The molecule has 1 saturated heterocycles. The molecule has 0 radical (unpaired) electrons.